The Morgan fingerprint density at radius 2 is 1.66 bits per heavy atom. The van der Waals surface area contributed by atoms with E-state index in [9.17, 15) is 19.2 Å². The third-order valence-corrected chi connectivity index (χ3v) is 5.43. The molecule has 1 heterocycles. The average Bonchev–Trinajstić information content (AvgIpc) is 2.85. The topological polar surface area (TPSA) is 127 Å². The van der Waals surface area contributed by atoms with Crippen LogP contribution < -0.4 is 26.3 Å². The van der Waals surface area contributed by atoms with Gasteiger partial charge in [-0.2, -0.15) is 0 Å². The molecule has 0 aliphatic carbocycles. The van der Waals surface area contributed by atoms with Crippen LogP contribution in [0.5, 0.6) is 5.95 Å². The monoisotopic (exact) mass is 499 g/mol. The van der Waals surface area contributed by atoms with E-state index in [0.29, 0.717) is 23.2 Å². The Morgan fingerprint density at radius 1 is 0.971 bits per heavy atom. The molecule has 3 aromatic rings. The van der Waals surface area contributed by atoms with Crippen LogP contribution in [0.25, 0.3) is 10.8 Å². The van der Waals surface area contributed by atoms with Gasteiger partial charge in [-0.05, 0) is 44.5 Å². The number of carbonyl (C=O) groups is 3. The van der Waals surface area contributed by atoms with E-state index in [0.717, 1.165) is 6.42 Å². The number of carbonyl (C=O) groups excluding carboxylic acids is 3. The summed E-state index contributed by atoms with van der Waals surface area (Å²) in [6, 6.07) is 11.3. The molecular weight excluding hydrogens is 474 g/mol. The minimum Gasteiger partial charge on any atom is -0.464 e. The number of hydrogen-bond donors (Lipinski definition) is 3. The summed E-state index contributed by atoms with van der Waals surface area (Å²) >= 11 is 6.30. The number of anilines is 1. The van der Waals surface area contributed by atoms with Gasteiger partial charge in [0.05, 0.1) is 12.0 Å². The molecular formula is C25H26ClN3O6. The summed E-state index contributed by atoms with van der Waals surface area (Å²) in [5.41, 5.74) is 0.0819. The van der Waals surface area contributed by atoms with Crippen molar-refractivity contribution < 1.29 is 23.5 Å². The summed E-state index contributed by atoms with van der Waals surface area (Å²) < 4.78 is 10.5. The van der Waals surface area contributed by atoms with Crippen molar-refractivity contribution in [3.8, 4) is 5.95 Å². The smallest absolute Gasteiger partial charge is 0.346 e. The van der Waals surface area contributed by atoms with Gasteiger partial charge in [-0.3, -0.25) is 14.4 Å². The Balaban J connectivity index is 1.63. The molecule has 0 radical (unpaired) electrons. The van der Waals surface area contributed by atoms with Crippen molar-refractivity contribution in [3.05, 3.63) is 69.5 Å². The van der Waals surface area contributed by atoms with Crippen molar-refractivity contribution in [2.45, 2.75) is 39.3 Å². The van der Waals surface area contributed by atoms with Gasteiger partial charge in [-0.15, -0.1) is 0 Å². The van der Waals surface area contributed by atoms with Crippen LogP contribution in [-0.2, 0) is 9.59 Å². The van der Waals surface area contributed by atoms with Crippen LogP contribution in [0.4, 0.5) is 5.69 Å². The number of nitrogens with one attached hydrogen (secondary N) is 3. The first-order valence-corrected chi connectivity index (χ1v) is 11.4. The highest BCUT2D eigenvalue weighted by molar-refractivity contribution is 6.36. The lowest BCUT2D eigenvalue weighted by Crippen LogP contribution is -2.50. The predicted octanol–water partition coefficient (Wildman–Crippen LogP) is 3.50. The van der Waals surface area contributed by atoms with Crippen molar-refractivity contribution in [1.29, 1.82) is 0 Å². The van der Waals surface area contributed by atoms with E-state index in [-0.39, 0.29) is 16.4 Å². The summed E-state index contributed by atoms with van der Waals surface area (Å²) in [5, 5.41) is 8.55. The van der Waals surface area contributed by atoms with E-state index in [1.807, 2.05) is 6.92 Å². The molecule has 0 spiro atoms. The van der Waals surface area contributed by atoms with Crippen LogP contribution in [0.1, 0.15) is 37.6 Å². The van der Waals surface area contributed by atoms with Gasteiger partial charge in [0.25, 0.3) is 5.91 Å². The van der Waals surface area contributed by atoms with Crippen LogP contribution in [0, 0.1) is 0 Å². The van der Waals surface area contributed by atoms with Crippen LogP contribution in [0.2, 0.25) is 5.02 Å². The molecule has 2 unspecified atom stereocenters. The fraction of sp³-hybridized carbons (Fsp3) is 0.280. The van der Waals surface area contributed by atoms with Crippen LogP contribution >= 0.6 is 11.6 Å². The Morgan fingerprint density at radius 3 is 2.34 bits per heavy atom. The fourth-order valence-corrected chi connectivity index (χ4v) is 3.41. The molecule has 35 heavy (non-hydrogen) atoms. The lowest BCUT2D eigenvalue weighted by atomic mass is 10.1. The maximum Gasteiger partial charge on any atom is 0.346 e. The molecule has 0 saturated heterocycles. The van der Waals surface area contributed by atoms with E-state index >= 15 is 0 Å². The predicted molar refractivity (Wildman–Crippen MR) is 133 cm³/mol. The number of fused-ring (bicyclic) bond motifs is 1. The van der Waals surface area contributed by atoms with E-state index in [4.69, 9.17) is 20.8 Å². The Kier molecular flexibility index (Phi) is 8.48. The molecule has 3 N–H and O–H groups in total. The summed E-state index contributed by atoms with van der Waals surface area (Å²) in [6.07, 6.45) is 0.718. The van der Waals surface area contributed by atoms with Crippen molar-refractivity contribution in [3.63, 3.8) is 0 Å². The number of halogens is 1. The average molecular weight is 500 g/mol. The number of ether oxygens (including phenoxy) is 1. The number of hydrogen-bond acceptors (Lipinski definition) is 6. The molecule has 184 valence electrons. The van der Waals surface area contributed by atoms with E-state index in [2.05, 4.69) is 16.0 Å². The normalized spacial score (nSPS) is 12.5. The second kappa shape index (κ2) is 11.5. The summed E-state index contributed by atoms with van der Waals surface area (Å²) in [6.45, 7) is 5.28. The Labute approximate surface area is 206 Å². The SMILES string of the molecule is CCCOc1oc(=O)c2cc(NC(=O)C(C)NC(=O)C(C)NC(=O)c3ccccc3)ccc2c1Cl. The van der Waals surface area contributed by atoms with Gasteiger partial charge in [0.1, 0.15) is 17.1 Å². The summed E-state index contributed by atoms with van der Waals surface area (Å²) in [4.78, 5) is 49.7. The third kappa shape index (κ3) is 6.39. The van der Waals surface area contributed by atoms with Gasteiger partial charge in [-0.25, -0.2) is 4.79 Å². The number of amides is 3. The van der Waals surface area contributed by atoms with Gasteiger partial charge < -0.3 is 25.1 Å². The first kappa shape index (κ1) is 25.8. The van der Waals surface area contributed by atoms with Gasteiger partial charge in [0.15, 0.2) is 0 Å². The summed E-state index contributed by atoms with van der Waals surface area (Å²) in [7, 11) is 0. The van der Waals surface area contributed by atoms with Crippen LogP contribution in [0.15, 0.2) is 57.7 Å². The highest BCUT2D eigenvalue weighted by atomic mass is 35.5. The quantitative estimate of drug-likeness (QED) is 0.413. The van der Waals surface area contributed by atoms with E-state index in [1.165, 1.54) is 19.9 Å². The van der Waals surface area contributed by atoms with Crippen molar-refractivity contribution in [2.75, 3.05) is 11.9 Å². The molecule has 1 aromatic heterocycles. The van der Waals surface area contributed by atoms with Crippen molar-refractivity contribution in [2.24, 2.45) is 0 Å². The Hall–Kier alpha value is -3.85. The van der Waals surface area contributed by atoms with Crippen LogP contribution in [-0.4, -0.2) is 36.4 Å². The second-order valence-corrected chi connectivity index (χ2v) is 8.26. The van der Waals surface area contributed by atoms with Crippen molar-refractivity contribution >= 4 is 45.8 Å². The second-order valence-electron chi connectivity index (χ2n) is 7.88. The first-order valence-electron chi connectivity index (χ1n) is 11.1. The van der Waals surface area contributed by atoms with E-state index < -0.39 is 35.4 Å². The molecule has 0 saturated carbocycles. The molecule has 10 heteroatoms. The molecule has 2 aromatic carbocycles. The van der Waals surface area contributed by atoms with Gasteiger partial charge in [-0.1, -0.05) is 42.8 Å². The van der Waals surface area contributed by atoms with Gasteiger partial charge >= 0.3 is 11.6 Å². The Bertz CT molecular complexity index is 1290. The molecule has 0 fully saturated rings. The molecule has 3 rings (SSSR count). The van der Waals surface area contributed by atoms with E-state index in [1.54, 1.807) is 42.5 Å². The fourth-order valence-electron chi connectivity index (χ4n) is 3.15. The lowest BCUT2D eigenvalue weighted by Gasteiger charge is -2.18. The minimum absolute atomic E-state index is 0.0485. The zero-order valence-corrected chi connectivity index (χ0v) is 20.3. The zero-order chi connectivity index (χ0) is 25.5. The summed E-state index contributed by atoms with van der Waals surface area (Å²) in [5.74, 6) is -1.49. The zero-order valence-electron chi connectivity index (χ0n) is 19.5. The largest absolute Gasteiger partial charge is 0.464 e. The molecule has 0 bridgehead atoms. The standard InChI is InChI=1S/C25H26ClN3O6/c1-4-12-34-25-20(26)18-11-10-17(13-19(18)24(33)35-25)29-22(31)15(3)27-21(30)14(2)28-23(32)16-8-6-5-7-9-16/h5-11,13-15H,4,12H2,1-3H3,(H,27,30)(H,28,32)(H,29,31). The molecule has 0 aliphatic rings. The molecule has 3 amide bonds. The van der Waals surface area contributed by atoms with Gasteiger partial charge in [0, 0.05) is 16.6 Å². The molecule has 2 atom stereocenters. The highest BCUT2D eigenvalue weighted by Gasteiger charge is 2.22. The maximum absolute atomic E-state index is 12.6. The third-order valence-electron chi connectivity index (χ3n) is 5.07. The molecule has 9 nitrogen and oxygen atoms in total. The minimum atomic E-state index is -0.918. The van der Waals surface area contributed by atoms with Gasteiger partial charge in [0.2, 0.25) is 11.8 Å². The maximum atomic E-state index is 12.6. The highest BCUT2D eigenvalue weighted by Crippen LogP contribution is 2.32. The number of rotatable bonds is 9. The number of benzene rings is 2. The van der Waals surface area contributed by atoms with Crippen LogP contribution in [0.3, 0.4) is 0 Å². The van der Waals surface area contributed by atoms with Crippen molar-refractivity contribution in [1.82, 2.24) is 10.6 Å². The molecule has 0 aliphatic heterocycles. The lowest BCUT2D eigenvalue weighted by molar-refractivity contribution is -0.127. The first-order chi connectivity index (χ1) is 16.7.